The number of thioether (sulfide) groups is 1. The average molecular weight is 387 g/mol. The van der Waals surface area contributed by atoms with E-state index in [0.717, 1.165) is 23.0 Å². The van der Waals surface area contributed by atoms with E-state index in [1.54, 1.807) is 11.3 Å². The van der Waals surface area contributed by atoms with Crippen LogP contribution >= 0.6 is 23.1 Å². The first-order valence-electron chi connectivity index (χ1n) is 8.50. The number of hydrogen-bond donors (Lipinski definition) is 1. The molecule has 0 saturated carbocycles. The lowest BCUT2D eigenvalue weighted by molar-refractivity contribution is -0.118. The lowest BCUT2D eigenvalue weighted by Gasteiger charge is -2.05. The molecule has 1 aromatic carbocycles. The zero-order valence-electron chi connectivity index (χ0n) is 15.2. The predicted octanol–water partition coefficient (Wildman–Crippen LogP) is 3.82. The van der Waals surface area contributed by atoms with E-state index in [0.29, 0.717) is 12.3 Å². The second-order valence-corrected chi connectivity index (χ2v) is 8.22. The highest BCUT2D eigenvalue weighted by Crippen LogP contribution is 2.23. The van der Waals surface area contributed by atoms with E-state index in [9.17, 15) is 4.79 Å². The number of aryl methyl sites for hydroxylation is 2. The van der Waals surface area contributed by atoms with Crippen LogP contribution < -0.4 is 5.32 Å². The number of nitrogens with zero attached hydrogens (tertiary/aromatic N) is 3. The van der Waals surface area contributed by atoms with E-state index in [4.69, 9.17) is 0 Å². The number of amides is 1. The van der Waals surface area contributed by atoms with E-state index in [1.165, 1.54) is 27.1 Å². The summed E-state index contributed by atoms with van der Waals surface area (Å²) in [6, 6.07) is 12.4. The molecule has 0 aliphatic heterocycles. The Bertz CT molecular complexity index is 901. The first-order chi connectivity index (χ1) is 12.6. The molecular formula is C19H22N4OS2. The summed E-state index contributed by atoms with van der Waals surface area (Å²) in [6.45, 7) is 4.77. The van der Waals surface area contributed by atoms with Crippen LogP contribution in [0.25, 0.3) is 11.4 Å². The van der Waals surface area contributed by atoms with Crippen LogP contribution in [0, 0.1) is 6.92 Å². The third-order valence-electron chi connectivity index (χ3n) is 3.97. The number of aromatic nitrogens is 3. The van der Waals surface area contributed by atoms with Gasteiger partial charge in [-0.15, -0.1) is 21.5 Å². The van der Waals surface area contributed by atoms with Gasteiger partial charge in [-0.1, -0.05) is 42.4 Å². The van der Waals surface area contributed by atoms with Crippen LogP contribution in [0.15, 0.2) is 41.6 Å². The fourth-order valence-electron chi connectivity index (χ4n) is 2.55. The van der Waals surface area contributed by atoms with E-state index in [1.807, 2.05) is 23.7 Å². The first-order valence-corrected chi connectivity index (χ1v) is 10.3. The molecule has 7 heteroatoms. The molecule has 0 radical (unpaired) electrons. The van der Waals surface area contributed by atoms with Crippen molar-refractivity contribution in [2.75, 3.05) is 5.75 Å². The smallest absolute Gasteiger partial charge is 0.230 e. The van der Waals surface area contributed by atoms with Crippen molar-refractivity contribution in [3.05, 3.63) is 51.7 Å². The van der Waals surface area contributed by atoms with Crippen LogP contribution in [0.1, 0.15) is 22.2 Å². The van der Waals surface area contributed by atoms with Gasteiger partial charge in [0, 0.05) is 22.4 Å². The SMILES string of the molecule is CCc1ccc(CNC(=O)CSc2nnc(-c3cccc(C)c3)n2C)s1. The molecule has 1 N–H and O–H groups in total. The highest BCUT2D eigenvalue weighted by atomic mass is 32.2. The average Bonchev–Trinajstić information content (AvgIpc) is 3.24. The minimum atomic E-state index is 0.00144. The molecule has 0 saturated heterocycles. The summed E-state index contributed by atoms with van der Waals surface area (Å²) >= 11 is 3.15. The molecule has 3 aromatic rings. The zero-order valence-corrected chi connectivity index (χ0v) is 16.8. The van der Waals surface area contributed by atoms with Gasteiger partial charge in [-0.05, 0) is 31.5 Å². The number of carbonyl (C=O) groups excluding carboxylic acids is 1. The quantitative estimate of drug-likeness (QED) is 0.627. The Morgan fingerprint density at radius 2 is 2.04 bits per heavy atom. The number of hydrogen-bond acceptors (Lipinski definition) is 5. The summed E-state index contributed by atoms with van der Waals surface area (Å²) in [6.07, 6.45) is 1.03. The van der Waals surface area contributed by atoms with E-state index >= 15 is 0 Å². The van der Waals surface area contributed by atoms with Crippen LogP contribution in [0.2, 0.25) is 0 Å². The van der Waals surface area contributed by atoms with Crippen LogP contribution in [-0.2, 0) is 24.8 Å². The number of thiophene rings is 1. The van der Waals surface area contributed by atoms with Gasteiger partial charge in [-0.3, -0.25) is 4.79 Å². The van der Waals surface area contributed by atoms with Gasteiger partial charge < -0.3 is 9.88 Å². The van der Waals surface area contributed by atoms with Crippen molar-refractivity contribution in [1.82, 2.24) is 20.1 Å². The van der Waals surface area contributed by atoms with Crippen molar-refractivity contribution in [2.45, 2.75) is 32.0 Å². The summed E-state index contributed by atoms with van der Waals surface area (Å²) in [4.78, 5) is 14.6. The minimum Gasteiger partial charge on any atom is -0.350 e. The third-order valence-corrected chi connectivity index (χ3v) is 6.22. The number of rotatable bonds is 7. The van der Waals surface area contributed by atoms with Crippen molar-refractivity contribution in [1.29, 1.82) is 0 Å². The highest BCUT2D eigenvalue weighted by Gasteiger charge is 2.13. The summed E-state index contributed by atoms with van der Waals surface area (Å²) in [5, 5.41) is 12.2. The molecule has 0 aliphatic rings. The Balaban J connectivity index is 1.55. The van der Waals surface area contributed by atoms with Gasteiger partial charge in [0.15, 0.2) is 11.0 Å². The molecule has 2 heterocycles. The van der Waals surface area contributed by atoms with Crippen molar-refractivity contribution < 1.29 is 4.79 Å². The number of benzene rings is 1. The van der Waals surface area contributed by atoms with Crippen molar-refractivity contribution in [3.8, 4) is 11.4 Å². The van der Waals surface area contributed by atoms with Gasteiger partial charge in [0.2, 0.25) is 5.91 Å². The van der Waals surface area contributed by atoms with Gasteiger partial charge in [0.25, 0.3) is 0 Å². The van der Waals surface area contributed by atoms with Crippen molar-refractivity contribution >= 4 is 29.0 Å². The fourth-order valence-corrected chi connectivity index (χ4v) is 4.19. The maximum Gasteiger partial charge on any atom is 0.230 e. The van der Waals surface area contributed by atoms with Gasteiger partial charge in [0.05, 0.1) is 12.3 Å². The standard InChI is InChI=1S/C19H22N4OS2/c1-4-15-8-9-16(26-15)11-20-17(24)12-25-19-22-21-18(23(19)3)14-7-5-6-13(2)10-14/h5-10H,4,11-12H2,1-3H3,(H,20,24). The fraction of sp³-hybridized carbons (Fsp3) is 0.316. The molecule has 0 unspecified atom stereocenters. The molecule has 5 nitrogen and oxygen atoms in total. The molecule has 2 aromatic heterocycles. The molecule has 0 bridgehead atoms. The second kappa shape index (κ2) is 8.51. The van der Waals surface area contributed by atoms with Gasteiger partial charge >= 0.3 is 0 Å². The molecule has 0 atom stereocenters. The molecular weight excluding hydrogens is 364 g/mol. The molecule has 136 valence electrons. The monoisotopic (exact) mass is 386 g/mol. The molecule has 1 amide bonds. The van der Waals surface area contributed by atoms with E-state index in [2.05, 4.69) is 53.6 Å². The van der Waals surface area contributed by atoms with Gasteiger partial charge in [-0.2, -0.15) is 0 Å². The molecule has 0 fully saturated rings. The van der Waals surface area contributed by atoms with Crippen molar-refractivity contribution in [3.63, 3.8) is 0 Å². The second-order valence-electron chi connectivity index (χ2n) is 6.02. The van der Waals surface area contributed by atoms with Crippen LogP contribution in [0.5, 0.6) is 0 Å². The minimum absolute atomic E-state index is 0.00144. The summed E-state index contributed by atoms with van der Waals surface area (Å²) < 4.78 is 1.93. The van der Waals surface area contributed by atoms with Crippen LogP contribution in [-0.4, -0.2) is 26.4 Å². The molecule has 0 aliphatic carbocycles. The zero-order chi connectivity index (χ0) is 18.5. The topological polar surface area (TPSA) is 59.8 Å². The number of nitrogens with one attached hydrogen (secondary N) is 1. The first kappa shape index (κ1) is 18.7. The van der Waals surface area contributed by atoms with E-state index in [-0.39, 0.29) is 5.91 Å². The molecule has 0 spiro atoms. The van der Waals surface area contributed by atoms with Crippen LogP contribution in [0.4, 0.5) is 0 Å². The lowest BCUT2D eigenvalue weighted by atomic mass is 10.1. The maximum absolute atomic E-state index is 12.1. The number of carbonyl (C=O) groups is 1. The Kier molecular flexibility index (Phi) is 6.11. The molecule has 26 heavy (non-hydrogen) atoms. The summed E-state index contributed by atoms with van der Waals surface area (Å²) in [5.41, 5.74) is 2.21. The Morgan fingerprint density at radius 3 is 2.77 bits per heavy atom. The Morgan fingerprint density at radius 1 is 1.23 bits per heavy atom. The maximum atomic E-state index is 12.1. The lowest BCUT2D eigenvalue weighted by Crippen LogP contribution is -2.24. The summed E-state index contributed by atoms with van der Waals surface area (Å²) in [7, 11) is 1.93. The largest absolute Gasteiger partial charge is 0.350 e. The van der Waals surface area contributed by atoms with Crippen LogP contribution in [0.3, 0.4) is 0 Å². The normalized spacial score (nSPS) is 10.9. The Hall–Kier alpha value is -2.12. The van der Waals surface area contributed by atoms with E-state index < -0.39 is 0 Å². The predicted molar refractivity (Wildman–Crippen MR) is 107 cm³/mol. The molecule has 3 rings (SSSR count). The Labute approximate surface area is 161 Å². The highest BCUT2D eigenvalue weighted by molar-refractivity contribution is 7.99. The third kappa shape index (κ3) is 4.53. The van der Waals surface area contributed by atoms with Crippen molar-refractivity contribution in [2.24, 2.45) is 7.05 Å². The summed E-state index contributed by atoms with van der Waals surface area (Å²) in [5.74, 6) is 1.13. The van der Waals surface area contributed by atoms with Gasteiger partial charge in [0.1, 0.15) is 0 Å². The van der Waals surface area contributed by atoms with Gasteiger partial charge in [-0.25, -0.2) is 0 Å².